The highest BCUT2D eigenvalue weighted by molar-refractivity contribution is 6.09. The van der Waals surface area contributed by atoms with Crippen molar-refractivity contribution >= 4 is 23.4 Å². The molecule has 3 rings (SSSR count). The predicted octanol–water partition coefficient (Wildman–Crippen LogP) is 2.63. The van der Waals surface area contributed by atoms with E-state index in [-0.39, 0.29) is 12.3 Å². The van der Waals surface area contributed by atoms with Crippen molar-refractivity contribution in [2.24, 2.45) is 0 Å². The van der Waals surface area contributed by atoms with Gasteiger partial charge in [-0.2, -0.15) is 0 Å². The molecule has 2 N–H and O–H groups in total. The van der Waals surface area contributed by atoms with E-state index in [9.17, 15) is 19.5 Å². The standard InChI is InChI=1S/C19H15NO6/c1-25-14-4-2-3-11(8-14)17(21)9-16(18(22)23)20-13-5-6-15-12(7-13)10-26-19(15)24/h2-9,20H,10H2,1H3,(H,22,23). The topological polar surface area (TPSA) is 102 Å². The number of carboxylic acid groups (broad SMARTS) is 1. The minimum absolute atomic E-state index is 0.137. The minimum Gasteiger partial charge on any atom is -0.497 e. The van der Waals surface area contributed by atoms with Crippen molar-refractivity contribution in [2.45, 2.75) is 6.61 Å². The number of ketones is 1. The molecule has 26 heavy (non-hydrogen) atoms. The van der Waals surface area contributed by atoms with Crippen molar-refractivity contribution in [1.82, 2.24) is 0 Å². The lowest BCUT2D eigenvalue weighted by molar-refractivity contribution is -0.132. The summed E-state index contributed by atoms with van der Waals surface area (Å²) in [5.41, 5.74) is 1.56. The summed E-state index contributed by atoms with van der Waals surface area (Å²) in [6.45, 7) is 0.137. The van der Waals surface area contributed by atoms with Crippen molar-refractivity contribution in [1.29, 1.82) is 0 Å². The fraction of sp³-hybridized carbons (Fsp3) is 0.105. The van der Waals surface area contributed by atoms with Gasteiger partial charge in [0, 0.05) is 22.9 Å². The van der Waals surface area contributed by atoms with Crippen LogP contribution in [-0.2, 0) is 16.1 Å². The van der Waals surface area contributed by atoms with Gasteiger partial charge in [-0.05, 0) is 30.3 Å². The Kier molecular flexibility index (Phi) is 4.70. The molecule has 1 heterocycles. The monoisotopic (exact) mass is 353 g/mol. The summed E-state index contributed by atoms with van der Waals surface area (Å²) in [7, 11) is 1.48. The lowest BCUT2D eigenvalue weighted by Gasteiger charge is -2.08. The molecule has 0 radical (unpaired) electrons. The molecular formula is C19H15NO6. The number of ether oxygens (including phenoxy) is 2. The zero-order valence-electron chi connectivity index (χ0n) is 13.8. The Labute approximate surface area is 148 Å². The number of hydrogen-bond acceptors (Lipinski definition) is 6. The number of hydrogen-bond donors (Lipinski definition) is 2. The van der Waals surface area contributed by atoms with Crippen LogP contribution >= 0.6 is 0 Å². The normalized spacial score (nSPS) is 13.0. The Balaban J connectivity index is 1.85. The van der Waals surface area contributed by atoms with Crippen molar-refractivity contribution in [3.63, 3.8) is 0 Å². The van der Waals surface area contributed by atoms with E-state index >= 15 is 0 Å². The number of esters is 1. The van der Waals surface area contributed by atoms with Gasteiger partial charge >= 0.3 is 11.9 Å². The van der Waals surface area contributed by atoms with Gasteiger partial charge in [0.1, 0.15) is 18.1 Å². The molecule has 0 unspecified atom stereocenters. The van der Waals surface area contributed by atoms with Crippen molar-refractivity contribution in [3.05, 3.63) is 70.9 Å². The van der Waals surface area contributed by atoms with Gasteiger partial charge in [0.2, 0.25) is 0 Å². The molecule has 132 valence electrons. The first kappa shape index (κ1) is 17.2. The number of benzene rings is 2. The van der Waals surface area contributed by atoms with E-state index in [0.29, 0.717) is 28.1 Å². The maximum atomic E-state index is 12.3. The molecule has 7 heteroatoms. The van der Waals surface area contributed by atoms with Crippen molar-refractivity contribution < 1.29 is 29.0 Å². The van der Waals surface area contributed by atoms with Gasteiger partial charge in [-0.25, -0.2) is 9.59 Å². The van der Waals surface area contributed by atoms with Gasteiger partial charge in [-0.1, -0.05) is 12.1 Å². The number of rotatable bonds is 6. The summed E-state index contributed by atoms with van der Waals surface area (Å²) in [6, 6.07) is 11.1. The molecule has 0 amide bonds. The van der Waals surface area contributed by atoms with E-state index in [4.69, 9.17) is 9.47 Å². The first-order chi connectivity index (χ1) is 12.5. The van der Waals surface area contributed by atoms with Crippen molar-refractivity contribution in [3.8, 4) is 5.75 Å². The largest absolute Gasteiger partial charge is 0.497 e. The zero-order chi connectivity index (χ0) is 18.7. The minimum atomic E-state index is -1.28. The van der Waals surface area contributed by atoms with E-state index in [2.05, 4.69) is 5.32 Å². The number of allylic oxidation sites excluding steroid dienone is 1. The molecule has 1 aliphatic heterocycles. The number of carboxylic acids is 1. The summed E-state index contributed by atoms with van der Waals surface area (Å²) in [4.78, 5) is 35.3. The Morgan fingerprint density at radius 3 is 2.77 bits per heavy atom. The molecule has 2 aromatic rings. The number of aliphatic carboxylic acids is 1. The third-order valence-electron chi connectivity index (χ3n) is 3.82. The lowest BCUT2D eigenvalue weighted by Crippen LogP contribution is -2.13. The number of methoxy groups -OCH3 is 1. The van der Waals surface area contributed by atoms with E-state index in [1.54, 1.807) is 36.4 Å². The van der Waals surface area contributed by atoms with Gasteiger partial charge in [-0.15, -0.1) is 0 Å². The summed E-state index contributed by atoms with van der Waals surface area (Å²) in [5, 5.41) is 12.1. The number of nitrogens with one attached hydrogen (secondary N) is 1. The van der Waals surface area contributed by atoms with E-state index in [1.165, 1.54) is 13.2 Å². The Bertz CT molecular complexity index is 931. The smallest absolute Gasteiger partial charge is 0.352 e. The average Bonchev–Trinajstić information content (AvgIpc) is 3.01. The van der Waals surface area contributed by atoms with Gasteiger partial charge in [0.25, 0.3) is 0 Å². The van der Waals surface area contributed by atoms with Crippen LogP contribution < -0.4 is 10.1 Å². The number of anilines is 1. The molecular weight excluding hydrogens is 338 g/mol. The second-order valence-corrected chi connectivity index (χ2v) is 5.53. The highest BCUT2D eigenvalue weighted by Gasteiger charge is 2.21. The first-order valence-electron chi connectivity index (χ1n) is 7.68. The summed E-state index contributed by atoms with van der Waals surface area (Å²) < 4.78 is 9.97. The van der Waals surface area contributed by atoms with Crippen LogP contribution in [-0.4, -0.2) is 29.9 Å². The quantitative estimate of drug-likeness (QED) is 0.467. The Hall–Kier alpha value is -3.61. The van der Waals surface area contributed by atoms with Crippen LogP contribution in [0.4, 0.5) is 5.69 Å². The van der Waals surface area contributed by atoms with Gasteiger partial charge < -0.3 is 19.9 Å². The number of fused-ring (bicyclic) bond motifs is 1. The molecule has 0 saturated heterocycles. The Morgan fingerprint density at radius 1 is 1.23 bits per heavy atom. The van der Waals surface area contributed by atoms with Crippen LogP contribution in [0.15, 0.2) is 54.2 Å². The third kappa shape index (κ3) is 3.56. The fourth-order valence-corrected chi connectivity index (χ4v) is 2.51. The maximum Gasteiger partial charge on any atom is 0.352 e. The molecule has 0 atom stereocenters. The Morgan fingerprint density at radius 2 is 2.04 bits per heavy atom. The van der Waals surface area contributed by atoms with Crippen LogP contribution in [0.5, 0.6) is 5.75 Å². The van der Waals surface area contributed by atoms with E-state index in [0.717, 1.165) is 6.08 Å². The highest BCUT2D eigenvalue weighted by atomic mass is 16.5. The lowest BCUT2D eigenvalue weighted by atomic mass is 10.1. The summed E-state index contributed by atoms with van der Waals surface area (Å²) in [6.07, 6.45) is 1.01. The van der Waals surface area contributed by atoms with Gasteiger partial charge in [0.05, 0.1) is 12.7 Å². The van der Waals surface area contributed by atoms with E-state index < -0.39 is 17.7 Å². The summed E-state index contributed by atoms with van der Waals surface area (Å²) >= 11 is 0. The van der Waals surface area contributed by atoms with Crippen LogP contribution in [0, 0.1) is 0 Å². The molecule has 0 aromatic heterocycles. The molecule has 0 fully saturated rings. The van der Waals surface area contributed by atoms with Crippen LogP contribution in [0.25, 0.3) is 0 Å². The highest BCUT2D eigenvalue weighted by Crippen LogP contribution is 2.24. The average molecular weight is 353 g/mol. The first-order valence-corrected chi connectivity index (χ1v) is 7.68. The SMILES string of the molecule is COc1cccc(C(=O)C=C(Nc2ccc3c(c2)COC3=O)C(=O)O)c1. The summed E-state index contributed by atoms with van der Waals surface area (Å²) in [5.74, 6) is -1.67. The van der Waals surface area contributed by atoms with Crippen LogP contribution in [0.2, 0.25) is 0 Å². The second kappa shape index (κ2) is 7.10. The number of cyclic esters (lactones) is 1. The molecule has 2 aromatic carbocycles. The second-order valence-electron chi connectivity index (χ2n) is 5.53. The van der Waals surface area contributed by atoms with Crippen molar-refractivity contribution in [2.75, 3.05) is 12.4 Å². The van der Waals surface area contributed by atoms with Crippen LogP contribution in [0.1, 0.15) is 26.3 Å². The number of carbonyl (C=O) groups is 3. The fourth-order valence-electron chi connectivity index (χ4n) is 2.51. The molecule has 1 aliphatic rings. The van der Waals surface area contributed by atoms with E-state index in [1.807, 2.05) is 0 Å². The number of carbonyl (C=O) groups excluding carboxylic acids is 2. The molecule has 0 bridgehead atoms. The van der Waals surface area contributed by atoms with Crippen LogP contribution in [0.3, 0.4) is 0 Å². The molecule has 0 spiro atoms. The maximum absolute atomic E-state index is 12.3. The zero-order valence-corrected chi connectivity index (χ0v) is 13.8. The molecule has 0 aliphatic carbocycles. The molecule has 7 nitrogen and oxygen atoms in total. The van der Waals surface area contributed by atoms with Gasteiger partial charge in [-0.3, -0.25) is 4.79 Å². The predicted molar refractivity (Wildman–Crippen MR) is 92.2 cm³/mol. The van der Waals surface area contributed by atoms with Gasteiger partial charge in [0.15, 0.2) is 5.78 Å². The third-order valence-corrected chi connectivity index (χ3v) is 3.82. The molecule has 0 saturated carbocycles.